The minimum atomic E-state index is -2.82. The molecule has 0 bridgehead atoms. The van der Waals surface area contributed by atoms with E-state index in [-0.39, 0.29) is 0 Å². The Kier molecular flexibility index (Phi) is 8.76. The van der Waals surface area contributed by atoms with Gasteiger partial charge in [-0.3, -0.25) is 4.57 Å². The molecule has 0 aliphatic carbocycles. The molecule has 12 aromatic rings. The van der Waals surface area contributed by atoms with Gasteiger partial charge >= 0.3 is 0 Å². The molecule has 9 aromatic carbocycles. The van der Waals surface area contributed by atoms with E-state index in [1.807, 2.05) is 18.2 Å². The van der Waals surface area contributed by atoms with Crippen LogP contribution in [0.2, 0.25) is 0 Å². The van der Waals surface area contributed by atoms with Crippen LogP contribution in [-0.2, 0) is 0 Å². The summed E-state index contributed by atoms with van der Waals surface area (Å²) < 4.78 is 4.58. The summed E-state index contributed by atoms with van der Waals surface area (Å²) in [6, 6.07) is 84.9. The first-order valence-electron chi connectivity index (χ1n) is 21.4. The summed E-state index contributed by atoms with van der Waals surface area (Å²) in [6.07, 6.45) is 0. The monoisotopic (exact) mass is 821 g/mol. The highest BCUT2D eigenvalue weighted by molar-refractivity contribution is 7.19. The minimum Gasteiger partial charge on any atom is -0.309 e. The van der Waals surface area contributed by atoms with Crippen LogP contribution in [0.15, 0.2) is 237 Å². The molecule has 0 aliphatic rings. The fourth-order valence-electron chi connectivity index (χ4n) is 9.78. The van der Waals surface area contributed by atoms with Gasteiger partial charge in [0.1, 0.15) is 0 Å². The first kappa shape index (κ1) is 36.6. The molecule has 5 nitrogen and oxygen atoms in total. The van der Waals surface area contributed by atoms with Crippen molar-refractivity contribution in [1.82, 2.24) is 24.1 Å². The van der Waals surface area contributed by atoms with Crippen LogP contribution in [0.4, 0.5) is 0 Å². The van der Waals surface area contributed by atoms with Crippen LogP contribution >= 0.6 is 0 Å². The summed E-state index contributed by atoms with van der Waals surface area (Å²) in [7, 11) is -2.82. The quantitative estimate of drug-likeness (QED) is 0.113. The van der Waals surface area contributed by atoms with Crippen molar-refractivity contribution >= 4 is 72.4 Å². The Balaban J connectivity index is 1.09. The molecule has 0 aliphatic heterocycles. The van der Waals surface area contributed by atoms with Gasteiger partial charge in [0.15, 0.2) is 19.7 Å². The molecule has 0 saturated carbocycles. The highest BCUT2D eigenvalue weighted by Gasteiger charge is 2.41. The molecule has 0 spiro atoms. The summed E-state index contributed by atoms with van der Waals surface area (Å²) >= 11 is 0. The van der Waals surface area contributed by atoms with Crippen LogP contribution in [0.3, 0.4) is 0 Å². The SMILES string of the molecule is c1ccc(-c2nc(-c3cccc([Si](c4ccccc4)(c4ccccc4)c4ccccc4)c3)nc(-n3c4ccccc4c4cc(-n5c6ccccc6c6ccccc65)ccc43)n2)cc1. The predicted molar refractivity (Wildman–Crippen MR) is 263 cm³/mol. The maximum Gasteiger partial charge on any atom is 0.238 e. The van der Waals surface area contributed by atoms with Gasteiger partial charge < -0.3 is 4.57 Å². The van der Waals surface area contributed by atoms with Crippen molar-refractivity contribution in [3.63, 3.8) is 0 Å². The Morgan fingerprint density at radius 3 is 1.25 bits per heavy atom. The summed E-state index contributed by atoms with van der Waals surface area (Å²) in [5.74, 6) is 1.80. The lowest BCUT2D eigenvalue weighted by atomic mass is 10.1. The van der Waals surface area contributed by atoms with Crippen molar-refractivity contribution in [2.24, 2.45) is 0 Å². The number of nitrogens with zero attached hydrogens (tertiary/aromatic N) is 5. The third-order valence-corrected chi connectivity index (χ3v) is 17.3. The Bertz CT molecular complexity index is 3470. The average Bonchev–Trinajstić information content (AvgIpc) is 3.88. The molecule has 3 heterocycles. The zero-order chi connectivity index (χ0) is 41.7. The fourth-order valence-corrected chi connectivity index (χ4v) is 14.6. The summed E-state index contributed by atoms with van der Waals surface area (Å²) in [6.45, 7) is 0. The summed E-state index contributed by atoms with van der Waals surface area (Å²) in [4.78, 5) is 16.0. The van der Waals surface area contributed by atoms with E-state index in [1.54, 1.807) is 0 Å². The molecule has 0 unspecified atom stereocenters. The van der Waals surface area contributed by atoms with Crippen LogP contribution in [0.25, 0.3) is 78.0 Å². The largest absolute Gasteiger partial charge is 0.309 e. The normalized spacial score (nSPS) is 11.8. The maximum atomic E-state index is 5.42. The second kappa shape index (κ2) is 15.1. The lowest BCUT2D eigenvalue weighted by molar-refractivity contribution is 0.953. The number of benzene rings is 9. The predicted octanol–water partition coefficient (Wildman–Crippen LogP) is 10.8. The van der Waals surface area contributed by atoms with Gasteiger partial charge in [-0.15, -0.1) is 0 Å². The molecular weight excluding hydrogens is 783 g/mol. The molecule has 12 rings (SSSR count). The standard InChI is InChI=1S/C57H39N5Si/c1-5-20-40(21-6-1)55-58-56(41-22-19-29-46(38-41)63(43-23-7-2-8-24-43,44-25-9-3-10-26-44)45-27-11-4-12-28-45)60-57(59-55)62-53-35-18-15-32-49(53)50-39-42(36-37-54(50)62)61-51-33-16-13-30-47(51)48-31-14-17-34-52(48)61/h1-39H. The van der Waals surface area contributed by atoms with E-state index in [0.29, 0.717) is 17.6 Å². The van der Waals surface area contributed by atoms with E-state index >= 15 is 0 Å². The van der Waals surface area contributed by atoms with Crippen molar-refractivity contribution in [3.8, 4) is 34.4 Å². The summed E-state index contributed by atoms with van der Waals surface area (Å²) in [5, 5.41) is 9.92. The number of rotatable bonds is 8. The summed E-state index contributed by atoms with van der Waals surface area (Å²) in [5.41, 5.74) is 7.37. The maximum absolute atomic E-state index is 5.42. The van der Waals surface area contributed by atoms with E-state index in [2.05, 4.69) is 228 Å². The smallest absolute Gasteiger partial charge is 0.238 e. The number of fused-ring (bicyclic) bond motifs is 6. The zero-order valence-corrected chi connectivity index (χ0v) is 35.3. The van der Waals surface area contributed by atoms with Gasteiger partial charge in [-0.2, -0.15) is 9.97 Å². The molecule has 0 atom stereocenters. The van der Waals surface area contributed by atoms with Gasteiger partial charge in [0.25, 0.3) is 0 Å². The number of para-hydroxylation sites is 3. The van der Waals surface area contributed by atoms with E-state index in [0.717, 1.165) is 38.6 Å². The van der Waals surface area contributed by atoms with Crippen LogP contribution in [0, 0.1) is 0 Å². The van der Waals surface area contributed by atoms with Crippen LogP contribution in [0.5, 0.6) is 0 Å². The Hall–Kier alpha value is -8.19. The first-order valence-corrected chi connectivity index (χ1v) is 23.4. The van der Waals surface area contributed by atoms with Gasteiger partial charge in [0.2, 0.25) is 5.95 Å². The third kappa shape index (κ3) is 5.95. The Morgan fingerprint density at radius 2 is 0.698 bits per heavy atom. The molecular formula is C57H39N5Si. The lowest BCUT2D eigenvalue weighted by Gasteiger charge is -2.34. The van der Waals surface area contributed by atoms with Crippen LogP contribution in [-0.4, -0.2) is 32.2 Å². The molecule has 0 radical (unpaired) electrons. The van der Waals surface area contributed by atoms with Crippen LogP contribution < -0.4 is 20.7 Å². The lowest BCUT2D eigenvalue weighted by Crippen LogP contribution is -2.74. The molecule has 0 fully saturated rings. The molecule has 296 valence electrons. The van der Waals surface area contributed by atoms with Gasteiger partial charge in [-0.05, 0) is 57.1 Å². The number of hydrogen-bond donors (Lipinski definition) is 0. The molecule has 63 heavy (non-hydrogen) atoms. The van der Waals surface area contributed by atoms with Gasteiger partial charge in [0.05, 0.1) is 22.1 Å². The second-order valence-electron chi connectivity index (χ2n) is 16.0. The van der Waals surface area contributed by atoms with E-state index in [1.165, 1.54) is 42.6 Å². The zero-order valence-electron chi connectivity index (χ0n) is 34.3. The van der Waals surface area contributed by atoms with Crippen LogP contribution in [0.1, 0.15) is 0 Å². The van der Waals surface area contributed by atoms with Gasteiger partial charge in [0, 0.05) is 38.4 Å². The van der Waals surface area contributed by atoms with Crippen molar-refractivity contribution < 1.29 is 0 Å². The van der Waals surface area contributed by atoms with Crippen molar-refractivity contribution in [3.05, 3.63) is 237 Å². The molecule has 6 heteroatoms. The molecule has 0 amide bonds. The van der Waals surface area contributed by atoms with E-state index in [4.69, 9.17) is 15.0 Å². The van der Waals surface area contributed by atoms with Crippen molar-refractivity contribution in [1.29, 1.82) is 0 Å². The second-order valence-corrected chi connectivity index (χ2v) is 19.8. The minimum absolute atomic E-state index is 0.567. The number of aromatic nitrogens is 5. The van der Waals surface area contributed by atoms with Crippen molar-refractivity contribution in [2.45, 2.75) is 0 Å². The molecule has 3 aromatic heterocycles. The van der Waals surface area contributed by atoms with E-state index < -0.39 is 8.07 Å². The Labute approximate surface area is 365 Å². The molecule has 0 N–H and O–H groups in total. The molecule has 0 saturated heterocycles. The van der Waals surface area contributed by atoms with Gasteiger partial charge in [-0.1, -0.05) is 200 Å². The topological polar surface area (TPSA) is 48.5 Å². The van der Waals surface area contributed by atoms with Gasteiger partial charge in [-0.25, -0.2) is 4.98 Å². The van der Waals surface area contributed by atoms with E-state index in [9.17, 15) is 0 Å². The number of hydrogen-bond acceptors (Lipinski definition) is 3. The fraction of sp³-hybridized carbons (Fsp3) is 0. The van der Waals surface area contributed by atoms with Crippen molar-refractivity contribution in [2.75, 3.05) is 0 Å². The highest BCUT2D eigenvalue weighted by Crippen LogP contribution is 2.37. The average molecular weight is 822 g/mol. The third-order valence-electron chi connectivity index (χ3n) is 12.5. The highest BCUT2D eigenvalue weighted by atomic mass is 28.3. The first-order chi connectivity index (χ1) is 31.3. The Morgan fingerprint density at radius 1 is 0.286 bits per heavy atom.